The molecular formula is C26H30FN3O4. The van der Waals surface area contributed by atoms with Gasteiger partial charge in [0.2, 0.25) is 11.8 Å². The van der Waals surface area contributed by atoms with Crippen molar-refractivity contribution in [1.29, 1.82) is 0 Å². The number of carbonyl (C=O) groups excluding carboxylic acids is 3. The van der Waals surface area contributed by atoms with Crippen LogP contribution in [0.4, 0.5) is 14.9 Å². The predicted molar refractivity (Wildman–Crippen MR) is 126 cm³/mol. The Hall–Kier alpha value is -3.42. The molecule has 2 aliphatic heterocycles. The summed E-state index contributed by atoms with van der Waals surface area (Å²) in [6.07, 6.45) is 1.51. The first kappa shape index (κ1) is 23.7. The average Bonchev–Trinajstić information content (AvgIpc) is 2.98. The third kappa shape index (κ3) is 5.21. The molecule has 2 aromatic rings. The van der Waals surface area contributed by atoms with Gasteiger partial charge in [0.25, 0.3) is 0 Å². The van der Waals surface area contributed by atoms with Gasteiger partial charge < -0.3 is 15.0 Å². The van der Waals surface area contributed by atoms with Crippen LogP contribution in [0.5, 0.6) is 0 Å². The number of para-hydroxylation sites is 1. The number of hydrogen-bond donors (Lipinski definition) is 1. The van der Waals surface area contributed by atoms with Gasteiger partial charge in [-0.15, -0.1) is 0 Å². The summed E-state index contributed by atoms with van der Waals surface area (Å²) >= 11 is 0. The highest BCUT2D eigenvalue weighted by atomic mass is 19.1. The number of benzene rings is 2. The highest BCUT2D eigenvalue weighted by Crippen LogP contribution is 2.36. The van der Waals surface area contributed by atoms with Crippen molar-refractivity contribution < 1.29 is 23.5 Å². The van der Waals surface area contributed by atoms with E-state index in [0.717, 1.165) is 5.69 Å². The molecule has 34 heavy (non-hydrogen) atoms. The van der Waals surface area contributed by atoms with E-state index >= 15 is 0 Å². The quantitative estimate of drug-likeness (QED) is 0.728. The van der Waals surface area contributed by atoms with Crippen molar-refractivity contribution in [2.45, 2.75) is 50.7 Å². The number of rotatable bonds is 5. The lowest BCUT2D eigenvalue weighted by Crippen LogP contribution is -2.56. The fourth-order valence-electron chi connectivity index (χ4n) is 4.73. The number of amides is 3. The Kier molecular flexibility index (Phi) is 6.59. The van der Waals surface area contributed by atoms with Crippen LogP contribution in [-0.4, -0.2) is 53.6 Å². The van der Waals surface area contributed by atoms with Crippen molar-refractivity contribution >= 4 is 23.6 Å². The molecule has 2 aliphatic rings. The third-order valence-electron chi connectivity index (χ3n) is 6.46. The van der Waals surface area contributed by atoms with Gasteiger partial charge in [0, 0.05) is 25.2 Å². The number of likely N-dealkylation sites (tertiary alicyclic amines) is 1. The van der Waals surface area contributed by atoms with Crippen molar-refractivity contribution in [1.82, 2.24) is 10.2 Å². The summed E-state index contributed by atoms with van der Waals surface area (Å²) in [5, 5.41) is 2.79. The van der Waals surface area contributed by atoms with Crippen LogP contribution in [0.3, 0.4) is 0 Å². The molecule has 1 spiro atoms. The average molecular weight is 468 g/mol. The molecule has 8 heteroatoms. The van der Waals surface area contributed by atoms with Crippen LogP contribution in [0.25, 0.3) is 0 Å². The Balaban J connectivity index is 1.37. The molecule has 0 saturated carbocycles. The summed E-state index contributed by atoms with van der Waals surface area (Å²) in [6, 6.07) is 15.3. The molecule has 0 radical (unpaired) electrons. The van der Waals surface area contributed by atoms with Crippen molar-refractivity contribution in [3.8, 4) is 0 Å². The van der Waals surface area contributed by atoms with E-state index in [9.17, 15) is 18.8 Å². The second-order valence-corrected chi connectivity index (χ2v) is 9.60. The van der Waals surface area contributed by atoms with E-state index in [2.05, 4.69) is 5.32 Å². The number of nitrogens with zero attached hydrogens (tertiary/aromatic N) is 2. The summed E-state index contributed by atoms with van der Waals surface area (Å²) in [5.74, 6) is -0.947. The number of hydrogen-bond acceptors (Lipinski definition) is 4. The summed E-state index contributed by atoms with van der Waals surface area (Å²) in [4.78, 5) is 41.8. The maximum atomic E-state index is 13.4. The molecule has 2 saturated heterocycles. The van der Waals surface area contributed by atoms with Crippen LogP contribution < -0.4 is 10.2 Å². The molecule has 3 amide bonds. The van der Waals surface area contributed by atoms with E-state index < -0.39 is 17.0 Å². The van der Waals surface area contributed by atoms with E-state index in [-0.39, 0.29) is 24.3 Å². The largest absolute Gasteiger partial charge is 0.441 e. The van der Waals surface area contributed by atoms with Gasteiger partial charge >= 0.3 is 6.09 Å². The summed E-state index contributed by atoms with van der Waals surface area (Å²) in [5.41, 5.74) is -0.413. The first-order chi connectivity index (χ1) is 16.2. The smallest absolute Gasteiger partial charge is 0.415 e. The normalized spacial score (nSPS) is 20.7. The monoisotopic (exact) mass is 467 g/mol. The zero-order valence-corrected chi connectivity index (χ0v) is 19.6. The van der Waals surface area contributed by atoms with Gasteiger partial charge in [0.15, 0.2) is 0 Å². The lowest BCUT2D eigenvalue weighted by atomic mass is 9.94. The molecule has 0 aliphatic carbocycles. The highest BCUT2D eigenvalue weighted by molar-refractivity contribution is 5.92. The number of ether oxygens (including phenoxy) is 1. The summed E-state index contributed by atoms with van der Waals surface area (Å²) < 4.78 is 19.2. The van der Waals surface area contributed by atoms with E-state index in [1.807, 2.05) is 30.3 Å². The molecule has 0 bridgehead atoms. The van der Waals surface area contributed by atoms with Crippen molar-refractivity contribution in [3.05, 3.63) is 66.0 Å². The minimum atomic E-state index is -1.12. The van der Waals surface area contributed by atoms with Crippen molar-refractivity contribution in [2.24, 2.45) is 0 Å². The highest BCUT2D eigenvalue weighted by Gasteiger charge is 2.47. The number of anilines is 1. The van der Waals surface area contributed by atoms with Crippen LogP contribution in [0.15, 0.2) is 54.6 Å². The fraction of sp³-hybridized carbons (Fsp3) is 0.423. The molecular weight excluding hydrogens is 437 g/mol. The fourth-order valence-corrected chi connectivity index (χ4v) is 4.73. The molecule has 2 heterocycles. The van der Waals surface area contributed by atoms with Crippen molar-refractivity contribution in [2.75, 3.05) is 24.5 Å². The number of halogens is 1. The minimum Gasteiger partial charge on any atom is -0.441 e. The number of nitrogens with one attached hydrogen (secondary N) is 1. The Morgan fingerprint density at radius 3 is 2.59 bits per heavy atom. The van der Waals surface area contributed by atoms with E-state index in [4.69, 9.17) is 4.74 Å². The van der Waals surface area contributed by atoms with Gasteiger partial charge in [-0.3, -0.25) is 14.5 Å². The second kappa shape index (κ2) is 9.44. The minimum absolute atomic E-state index is 0.0111. The molecule has 1 N–H and O–H groups in total. The van der Waals surface area contributed by atoms with Gasteiger partial charge in [-0.05, 0) is 56.5 Å². The Morgan fingerprint density at radius 1 is 1.09 bits per heavy atom. The standard InChI is InChI=1S/C26H30FN3O4/c1-25(2,28-22(31)17-19-8-6-9-20(27)16-19)23(32)29-14-7-12-26(13-15-29)18-30(24(33)34-26)21-10-4-3-5-11-21/h3-6,8-11,16H,7,12-15,17-18H2,1-2H3,(H,28,31). The lowest BCUT2D eigenvalue weighted by Gasteiger charge is -2.32. The van der Waals surface area contributed by atoms with Crippen molar-refractivity contribution in [3.63, 3.8) is 0 Å². The lowest BCUT2D eigenvalue weighted by molar-refractivity contribution is -0.140. The second-order valence-electron chi connectivity index (χ2n) is 9.60. The summed E-state index contributed by atoms with van der Waals surface area (Å²) in [6.45, 7) is 4.74. The Labute approximate surface area is 198 Å². The van der Waals surface area contributed by atoms with Gasteiger partial charge in [-0.25, -0.2) is 9.18 Å². The molecule has 7 nitrogen and oxygen atoms in total. The van der Waals surface area contributed by atoms with Crippen LogP contribution in [0.1, 0.15) is 38.7 Å². The Morgan fingerprint density at radius 2 is 1.85 bits per heavy atom. The maximum Gasteiger partial charge on any atom is 0.415 e. The topological polar surface area (TPSA) is 79.0 Å². The molecule has 4 rings (SSSR count). The van der Waals surface area contributed by atoms with Gasteiger partial charge in [-0.2, -0.15) is 0 Å². The SMILES string of the molecule is CC(C)(NC(=O)Cc1cccc(F)c1)C(=O)N1CCCC2(CC1)CN(c1ccccc1)C(=O)O2. The molecule has 180 valence electrons. The predicted octanol–water partition coefficient (Wildman–Crippen LogP) is 3.67. The molecule has 2 aromatic carbocycles. The molecule has 1 atom stereocenters. The van der Waals surface area contributed by atoms with Crippen LogP contribution in [-0.2, 0) is 20.7 Å². The van der Waals surface area contributed by atoms with Crippen LogP contribution in [0.2, 0.25) is 0 Å². The van der Waals surface area contributed by atoms with Gasteiger partial charge in [0.05, 0.1) is 13.0 Å². The number of carbonyl (C=O) groups is 3. The first-order valence-electron chi connectivity index (χ1n) is 11.6. The third-order valence-corrected chi connectivity index (χ3v) is 6.46. The maximum absolute atomic E-state index is 13.4. The van der Waals surface area contributed by atoms with Crippen LogP contribution in [0, 0.1) is 5.82 Å². The molecule has 0 aromatic heterocycles. The zero-order chi connectivity index (χ0) is 24.3. The zero-order valence-electron chi connectivity index (χ0n) is 19.6. The van der Waals surface area contributed by atoms with Crippen LogP contribution >= 0.6 is 0 Å². The van der Waals surface area contributed by atoms with E-state index in [1.54, 1.807) is 35.8 Å². The molecule has 1 unspecified atom stereocenters. The molecule has 2 fully saturated rings. The van der Waals surface area contributed by atoms with E-state index in [1.165, 1.54) is 12.1 Å². The van der Waals surface area contributed by atoms with Gasteiger partial charge in [-0.1, -0.05) is 30.3 Å². The van der Waals surface area contributed by atoms with Gasteiger partial charge in [0.1, 0.15) is 17.0 Å². The Bertz CT molecular complexity index is 1070. The summed E-state index contributed by atoms with van der Waals surface area (Å²) in [7, 11) is 0. The first-order valence-corrected chi connectivity index (χ1v) is 11.6. The van der Waals surface area contributed by atoms with E-state index in [0.29, 0.717) is 44.5 Å².